The van der Waals surface area contributed by atoms with E-state index in [1.54, 1.807) is 0 Å². The highest BCUT2D eigenvalue weighted by molar-refractivity contribution is 14.0. The van der Waals surface area contributed by atoms with Crippen molar-refractivity contribution in [3.05, 3.63) is 17.5 Å². The van der Waals surface area contributed by atoms with E-state index in [9.17, 15) is 13.2 Å². The van der Waals surface area contributed by atoms with Crippen molar-refractivity contribution in [1.29, 1.82) is 0 Å². The van der Waals surface area contributed by atoms with E-state index in [0.29, 0.717) is 31.4 Å². The molecular formula is C15H27F3IN5O. The van der Waals surface area contributed by atoms with E-state index < -0.39 is 12.7 Å². The summed E-state index contributed by atoms with van der Waals surface area (Å²) >= 11 is 0. The number of alkyl halides is 3. The number of halogens is 4. The molecule has 0 amide bonds. The smallest absolute Gasteiger partial charge is 0.359 e. The van der Waals surface area contributed by atoms with Gasteiger partial charge in [-0.3, -0.25) is 4.90 Å². The van der Waals surface area contributed by atoms with E-state index in [4.69, 9.17) is 4.52 Å². The minimum absolute atomic E-state index is 0. The standard InChI is InChI=1S/C15H26F3N5O.HI/c1-5-19-14(20-6-7-23(4)10-15(16,17)18)21-9-12-8-13(11(2)3)22-24-12;/h8,11H,5-7,9-10H2,1-4H3,(H2,19,20,21);1H. The Balaban J connectivity index is 0.00000576. The van der Waals surface area contributed by atoms with Crippen LogP contribution in [0.3, 0.4) is 0 Å². The van der Waals surface area contributed by atoms with E-state index in [1.807, 2.05) is 26.8 Å². The third kappa shape index (κ3) is 10.5. The molecule has 1 aromatic heterocycles. The van der Waals surface area contributed by atoms with Crippen molar-refractivity contribution in [3.63, 3.8) is 0 Å². The van der Waals surface area contributed by atoms with Crippen molar-refractivity contribution < 1.29 is 17.7 Å². The molecule has 6 nitrogen and oxygen atoms in total. The van der Waals surface area contributed by atoms with Crippen molar-refractivity contribution in [1.82, 2.24) is 20.7 Å². The fraction of sp³-hybridized carbons (Fsp3) is 0.733. The summed E-state index contributed by atoms with van der Waals surface area (Å²) in [7, 11) is 1.43. The van der Waals surface area contributed by atoms with Gasteiger partial charge < -0.3 is 15.2 Å². The average Bonchev–Trinajstić information content (AvgIpc) is 2.92. The lowest BCUT2D eigenvalue weighted by molar-refractivity contribution is -0.142. The van der Waals surface area contributed by atoms with Crippen molar-refractivity contribution in [2.45, 2.75) is 39.4 Å². The first kappa shape index (κ1) is 24.0. The lowest BCUT2D eigenvalue weighted by Gasteiger charge is -2.19. The summed E-state index contributed by atoms with van der Waals surface area (Å²) in [5, 5.41) is 10.0. The number of nitrogens with zero attached hydrogens (tertiary/aromatic N) is 3. The van der Waals surface area contributed by atoms with E-state index in [1.165, 1.54) is 11.9 Å². The first-order chi connectivity index (χ1) is 11.2. The summed E-state index contributed by atoms with van der Waals surface area (Å²) in [5.74, 6) is 1.45. The molecule has 0 fully saturated rings. The van der Waals surface area contributed by atoms with Crippen LogP contribution in [-0.2, 0) is 6.54 Å². The van der Waals surface area contributed by atoms with Crippen molar-refractivity contribution in [2.24, 2.45) is 4.99 Å². The highest BCUT2D eigenvalue weighted by Gasteiger charge is 2.28. The zero-order valence-electron chi connectivity index (χ0n) is 15.0. The molecule has 0 aliphatic heterocycles. The maximum atomic E-state index is 12.3. The second-order valence-electron chi connectivity index (χ2n) is 5.85. The number of guanidine groups is 1. The molecule has 0 bridgehead atoms. The van der Waals surface area contributed by atoms with Crippen LogP contribution < -0.4 is 10.6 Å². The number of hydrogen-bond acceptors (Lipinski definition) is 4. The van der Waals surface area contributed by atoms with Crippen LogP contribution in [0.2, 0.25) is 0 Å². The molecule has 25 heavy (non-hydrogen) atoms. The van der Waals surface area contributed by atoms with Gasteiger partial charge in [-0.1, -0.05) is 19.0 Å². The normalized spacial score (nSPS) is 12.4. The van der Waals surface area contributed by atoms with E-state index in [-0.39, 0.29) is 36.4 Å². The van der Waals surface area contributed by atoms with Gasteiger partial charge in [0.25, 0.3) is 0 Å². The molecule has 10 heteroatoms. The molecule has 0 aliphatic carbocycles. The van der Waals surface area contributed by atoms with Crippen molar-refractivity contribution >= 4 is 29.9 Å². The van der Waals surface area contributed by atoms with Crippen LogP contribution in [0.1, 0.15) is 38.1 Å². The molecule has 0 aromatic carbocycles. The van der Waals surface area contributed by atoms with Crippen LogP contribution in [0.15, 0.2) is 15.6 Å². The number of aliphatic imine (C=N–C) groups is 1. The van der Waals surface area contributed by atoms with Gasteiger partial charge in [0.15, 0.2) is 11.7 Å². The number of likely N-dealkylation sites (N-methyl/N-ethyl adjacent to an activating group) is 1. The molecule has 1 rings (SSSR count). The Labute approximate surface area is 163 Å². The maximum Gasteiger partial charge on any atom is 0.401 e. The minimum atomic E-state index is -4.19. The quantitative estimate of drug-likeness (QED) is 0.343. The van der Waals surface area contributed by atoms with E-state index in [0.717, 1.165) is 5.69 Å². The Morgan fingerprint density at radius 2 is 2.04 bits per heavy atom. The summed E-state index contributed by atoms with van der Waals surface area (Å²) in [4.78, 5) is 5.56. The van der Waals surface area contributed by atoms with E-state index >= 15 is 0 Å². The van der Waals surface area contributed by atoms with Gasteiger partial charge in [0, 0.05) is 25.7 Å². The second-order valence-corrected chi connectivity index (χ2v) is 5.85. The van der Waals surface area contributed by atoms with Crippen LogP contribution >= 0.6 is 24.0 Å². The topological polar surface area (TPSA) is 65.7 Å². The van der Waals surface area contributed by atoms with Gasteiger partial charge in [-0.2, -0.15) is 13.2 Å². The first-order valence-electron chi connectivity index (χ1n) is 7.94. The van der Waals surface area contributed by atoms with E-state index in [2.05, 4.69) is 20.8 Å². The lowest BCUT2D eigenvalue weighted by Crippen LogP contribution is -2.42. The minimum Gasteiger partial charge on any atom is -0.359 e. The predicted octanol–water partition coefficient (Wildman–Crippen LogP) is 2.97. The second kappa shape index (κ2) is 11.6. The predicted molar refractivity (Wildman–Crippen MR) is 102 cm³/mol. The van der Waals surface area contributed by atoms with Crippen LogP contribution in [-0.4, -0.2) is 55.4 Å². The molecular weight excluding hydrogens is 450 g/mol. The Morgan fingerprint density at radius 3 is 2.56 bits per heavy atom. The van der Waals surface area contributed by atoms with Gasteiger partial charge in [-0.05, 0) is 19.9 Å². The summed E-state index contributed by atoms with van der Waals surface area (Å²) in [6.45, 7) is 6.60. The molecule has 0 radical (unpaired) electrons. The molecule has 0 saturated heterocycles. The fourth-order valence-corrected chi connectivity index (χ4v) is 1.92. The van der Waals surface area contributed by atoms with Gasteiger partial charge in [0.2, 0.25) is 0 Å². The Hall–Kier alpha value is -1.04. The summed E-state index contributed by atoms with van der Waals surface area (Å²) in [6.07, 6.45) is -4.19. The van der Waals surface area contributed by atoms with Crippen LogP contribution in [0, 0.1) is 0 Å². The average molecular weight is 477 g/mol. The summed E-state index contributed by atoms with van der Waals surface area (Å²) in [5.41, 5.74) is 0.868. The number of hydrogen-bond donors (Lipinski definition) is 2. The zero-order valence-corrected chi connectivity index (χ0v) is 17.3. The molecule has 0 aliphatic rings. The summed E-state index contributed by atoms with van der Waals surface area (Å²) < 4.78 is 42.0. The molecule has 0 atom stereocenters. The largest absolute Gasteiger partial charge is 0.401 e. The third-order valence-corrected chi connectivity index (χ3v) is 3.14. The molecule has 0 spiro atoms. The SMILES string of the molecule is CCNC(=NCc1cc(C(C)C)no1)NCCN(C)CC(F)(F)F.I. The van der Waals surface area contributed by atoms with Crippen LogP contribution in [0.25, 0.3) is 0 Å². The van der Waals surface area contributed by atoms with Crippen LogP contribution in [0.5, 0.6) is 0 Å². The van der Waals surface area contributed by atoms with Gasteiger partial charge in [0.05, 0.1) is 12.2 Å². The number of nitrogens with one attached hydrogen (secondary N) is 2. The Kier molecular flexibility index (Phi) is 11.1. The third-order valence-electron chi connectivity index (χ3n) is 3.14. The molecule has 0 unspecified atom stereocenters. The van der Waals surface area contributed by atoms with Gasteiger partial charge in [-0.15, -0.1) is 24.0 Å². The van der Waals surface area contributed by atoms with Crippen molar-refractivity contribution in [2.75, 3.05) is 33.2 Å². The number of rotatable bonds is 8. The lowest BCUT2D eigenvalue weighted by atomic mass is 10.1. The zero-order chi connectivity index (χ0) is 18.2. The fourth-order valence-electron chi connectivity index (χ4n) is 1.92. The summed E-state index contributed by atoms with van der Waals surface area (Å²) in [6, 6.07) is 1.86. The highest BCUT2D eigenvalue weighted by atomic mass is 127. The Bertz CT molecular complexity index is 520. The molecule has 1 aromatic rings. The van der Waals surface area contributed by atoms with Crippen LogP contribution in [0.4, 0.5) is 13.2 Å². The van der Waals surface area contributed by atoms with Gasteiger partial charge in [-0.25, -0.2) is 4.99 Å². The highest BCUT2D eigenvalue weighted by Crippen LogP contribution is 2.15. The maximum absolute atomic E-state index is 12.3. The molecule has 1 heterocycles. The monoisotopic (exact) mass is 477 g/mol. The van der Waals surface area contributed by atoms with Crippen molar-refractivity contribution in [3.8, 4) is 0 Å². The van der Waals surface area contributed by atoms with Gasteiger partial charge in [0.1, 0.15) is 6.54 Å². The van der Waals surface area contributed by atoms with Gasteiger partial charge >= 0.3 is 6.18 Å². The Morgan fingerprint density at radius 1 is 1.36 bits per heavy atom. The molecule has 146 valence electrons. The number of aromatic nitrogens is 1. The molecule has 2 N–H and O–H groups in total. The first-order valence-corrected chi connectivity index (χ1v) is 7.94. The molecule has 0 saturated carbocycles.